The van der Waals surface area contributed by atoms with Crippen LogP contribution in [0.1, 0.15) is 37.8 Å². The number of amides is 4. The first-order valence-corrected chi connectivity index (χ1v) is 11.0. The van der Waals surface area contributed by atoms with Gasteiger partial charge < -0.3 is 15.5 Å². The Morgan fingerprint density at radius 1 is 1.03 bits per heavy atom. The molecule has 0 radical (unpaired) electrons. The number of nitrogens with one attached hydrogen (secondary N) is 2. The van der Waals surface area contributed by atoms with Gasteiger partial charge in [-0.25, -0.2) is 4.79 Å². The van der Waals surface area contributed by atoms with Crippen molar-refractivity contribution in [1.82, 2.24) is 20.4 Å². The van der Waals surface area contributed by atoms with Gasteiger partial charge in [0, 0.05) is 13.1 Å². The molecule has 2 aromatic carbocycles. The first-order chi connectivity index (χ1) is 15.3. The Labute approximate surface area is 189 Å². The van der Waals surface area contributed by atoms with Gasteiger partial charge in [-0.1, -0.05) is 62.4 Å². The molecule has 0 aliphatic carbocycles. The fraction of sp³-hybridized carbons (Fsp3) is 0.400. The molecule has 1 aliphatic heterocycles. The fourth-order valence-corrected chi connectivity index (χ4v) is 4.05. The standard InChI is InChI=1S/C25H32N4O3/c1-5-25(6-2)23(31)29(24(32)27-25)17-22(30)26-15-20-9-7-8-10-21(20)19-13-11-18(12-14-19)16-28(3)4/h7-14H,5-6,15-17H2,1-4H3,(H,26,30)(H,27,32). The number of rotatable bonds is 9. The largest absolute Gasteiger partial charge is 0.350 e. The van der Waals surface area contributed by atoms with Gasteiger partial charge in [0.2, 0.25) is 5.91 Å². The van der Waals surface area contributed by atoms with Crippen LogP contribution in [0.25, 0.3) is 11.1 Å². The molecule has 0 atom stereocenters. The van der Waals surface area contributed by atoms with Crippen molar-refractivity contribution >= 4 is 17.8 Å². The summed E-state index contributed by atoms with van der Waals surface area (Å²) < 4.78 is 0. The summed E-state index contributed by atoms with van der Waals surface area (Å²) in [6.07, 6.45) is 0.986. The molecular weight excluding hydrogens is 404 g/mol. The zero-order chi connectivity index (χ0) is 23.3. The van der Waals surface area contributed by atoms with E-state index in [9.17, 15) is 14.4 Å². The molecular formula is C25H32N4O3. The molecule has 7 heteroatoms. The van der Waals surface area contributed by atoms with Crippen LogP contribution in [0.2, 0.25) is 0 Å². The highest BCUT2D eigenvalue weighted by atomic mass is 16.2. The van der Waals surface area contributed by atoms with Crippen LogP contribution in [0.3, 0.4) is 0 Å². The van der Waals surface area contributed by atoms with Gasteiger partial charge in [0.1, 0.15) is 12.1 Å². The quantitative estimate of drug-likeness (QED) is 0.592. The summed E-state index contributed by atoms with van der Waals surface area (Å²) in [6.45, 7) is 4.61. The van der Waals surface area contributed by atoms with E-state index in [1.165, 1.54) is 5.56 Å². The van der Waals surface area contributed by atoms with E-state index in [0.29, 0.717) is 19.4 Å². The molecule has 2 N–H and O–H groups in total. The molecule has 32 heavy (non-hydrogen) atoms. The Balaban J connectivity index is 1.66. The van der Waals surface area contributed by atoms with Crippen LogP contribution in [0.4, 0.5) is 4.79 Å². The second-order valence-electron chi connectivity index (χ2n) is 8.48. The first kappa shape index (κ1) is 23.5. The molecule has 0 saturated carbocycles. The molecule has 2 aromatic rings. The smallest absolute Gasteiger partial charge is 0.325 e. The normalized spacial score (nSPS) is 15.2. The summed E-state index contributed by atoms with van der Waals surface area (Å²) in [7, 11) is 4.07. The second kappa shape index (κ2) is 9.96. The van der Waals surface area contributed by atoms with Crippen molar-refractivity contribution in [2.45, 2.75) is 45.3 Å². The minimum absolute atomic E-state index is 0.284. The third kappa shape index (κ3) is 4.99. The molecule has 0 spiro atoms. The molecule has 4 amide bonds. The van der Waals surface area contributed by atoms with E-state index in [0.717, 1.165) is 28.1 Å². The average Bonchev–Trinajstić information content (AvgIpc) is 3.02. The Morgan fingerprint density at radius 2 is 1.69 bits per heavy atom. The van der Waals surface area contributed by atoms with Crippen LogP contribution in [0.5, 0.6) is 0 Å². The predicted octanol–water partition coefficient (Wildman–Crippen LogP) is 3.14. The lowest BCUT2D eigenvalue weighted by atomic mass is 9.93. The van der Waals surface area contributed by atoms with Crippen LogP contribution >= 0.6 is 0 Å². The van der Waals surface area contributed by atoms with E-state index in [2.05, 4.69) is 39.8 Å². The molecule has 1 saturated heterocycles. The van der Waals surface area contributed by atoms with Crippen molar-refractivity contribution < 1.29 is 14.4 Å². The van der Waals surface area contributed by atoms with Crippen LogP contribution < -0.4 is 10.6 Å². The summed E-state index contributed by atoms with van der Waals surface area (Å²) >= 11 is 0. The Morgan fingerprint density at radius 3 is 2.28 bits per heavy atom. The number of benzene rings is 2. The summed E-state index contributed by atoms with van der Waals surface area (Å²) in [4.78, 5) is 40.7. The van der Waals surface area contributed by atoms with Crippen LogP contribution in [-0.2, 0) is 22.7 Å². The zero-order valence-corrected chi connectivity index (χ0v) is 19.3. The lowest BCUT2D eigenvalue weighted by molar-refractivity contribution is -0.135. The maximum atomic E-state index is 12.7. The fourth-order valence-electron chi connectivity index (χ4n) is 4.05. The predicted molar refractivity (Wildman–Crippen MR) is 125 cm³/mol. The van der Waals surface area contributed by atoms with Crippen molar-refractivity contribution in [3.05, 3.63) is 59.7 Å². The van der Waals surface area contributed by atoms with Crippen molar-refractivity contribution in [1.29, 1.82) is 0 Å². The number of hydrogen-bond acceptors (Lipinski definition) is 4. The lowest BCUT2D eigenvalue weighted by Gasteiger charge is -2.23. The van der Waals surface area contributed by atoms with E-state index in [4.69, 9.17) is 0 Å². The SMILES string of the molecule is CCC1(CC)NC(=O)N(CC(=O)NCc2ccccc2-c2ccc(CN(C)C)cc2)C1=O. The number of nitrogens with zero attached hydrogens (tertiary/aromatic N) is 2. The maximum absolute atomic E-state index is 12.7. The molecule has 0 unspecified atom stereocenters. The van der Waals surface area contributed by atoms with Gasteiger partial charge in [-0.05, 0) is 49.2 Å². The van der Waals surface area contributed by atoms with Gasteiger partial charge in [0.15, 0.2) is 0 Å². The van der Waals surface area contributed by atoms with E-state index < -0.39 is 11.6 Å². The first-order valence-electron chi connectivity index (χ1n) is 11.0. The van der Waals surface area contributed by atoms with E-state index in [-0.39, 0.29) is 18.4 Å². The van der Waals surface area contributed by atoms with Gasteiger partial charge in [0.25, 0.3) is 5.91 Å². The average molecular weight is 437 g/mol. The van der Waals surface area contributed by atoms with Crippen LogP contribution in [0.15, 0.2) is 48.5 Å². The number of carbonyl (C=O) groups excluding carboxylic acids is 3. The molecule has 1 fully saturated rings. The summed E-state index contributed by atoms with van der Waals surface area (Å²) in [5, 5.41) is 5.61. The lowest BCUT2D eigenvalue weighted by Crippen LogP contribution is -2.46. The number of imide groups is 1. The van der Waals surface area contributed by atoms with E-state index in [1.54, 1.807) is 0 Å². The Bertz CT molecular complexity index is 981. The van der Waals surface area contributed by atoms with E-state index >= 15 is 0 Å². The summed E-state index contributed by atoms with van der Waals surface area (Å²) in [5.74, 6) is -0.700. The van der Waals surface area contributed by atoms with E-state index in [1.807, 2.05) is 52.2 Å². The highest BCUT2D eigenvalue weighted by Gasteiger charge is 2.49. The second-order valence-corrected chi connectivity index (χ2v) is 8.48. The Kier molecular flexibility index (Phi) is 7.30. The highest BCUT2D eigenvalue weighted by Crippen LogP contribution is 2.26. The molecule has 1 aliphatic rings. The topological polar surface area (TPSA) is 81.8 Å². The van der Waals surface area contributed by atoms with Gasteiger partial charge in [-0.2, -0.15) is 0 Å². The molecule has 1 heterocycles. The third-order valence-corrected chi connectivity index (χ3v) is 6.01. The Hall–Kier alpha value is -3.19. The van der Waals surface area contributed by atoms with Crippen molar-refractivity contribution in [3.63, 3.8) is 0 Å². The third-order valence-electron chi connectivity index (χ3n) is 6.01. The number of hydrogen-bond donors (Lipinski definition) is 2. The minimum atomic E-state index is -0.900. The summed E-state index contributed by atoms with van der Waals surface area (Å²) in [6, 6.07) is 15.8. The van der Waals surface area contributed by atoms with Gasteiger partial charge in [-0.3, -0.25) is 14.5 Å². The van der Waals surface area contributed by atoms with Crippen LogP contribution in [-0.4, -0.2) is 53.8 Å². The van der Waals surface area contributed by atoms with Crippen LogP contribution in [0, 0.1) is 0 Å². The molecule has 0 aromatic heterocycles. The zero-order valence-electron chi connectivity index (χ0n) is 19.3. The minimum Gasteiger partial charge on any atom is -0.350 e. The molecule has 170 valence electrons. The highest BCUT2D eigenvalue weighted by molar-refractivity contribution is 6.09. The van der Waals surface area contributed by atoms with Crippen molar-refractivity contribution in [2.24, 2.45) is 0 Å². The number of urea groups is 1. The van der Waals surface area contributed by atoms with Gasteiger partial charge >= 0.3 is 6.03 Å². The van der Waals surface area contributed by atoms with Gasteiger partial charge in [-0.15, -0.1) is 0 Å². The summed E-state index contributed by atoms with van der Waals surface area (Å²) in [5.41, 5.74) is 3.41. The molecule has 7 nitrogen and oxygen atoms in total. The monoisotopic (exact) mass is 436 g/mol. The molecule has 3 rings (SSSR count). The van der Waals surface area contributed by atoms with Gasteiger partial charge in [0.05, 0.1) is 0 Å². The van der Waals surface area contributed by atoms with Crippen molar-refractivity contribution in [2.75, 3.05) is 20.6 Å². The van der Waals surface area contributed by atoms with Crippen molar-refractivity contribution in [3.8, 4) is 11.1 Å². The molecule has 0 bridgehead atoms. The number of carbonyl (C=O) groups is 3. The maximum Gasteiger partial charge on any atom is 0.325 e.